The van der Waals surface area contributed by atoms with E-state index in [1.54, 1.807) is 43.3 Å². The molecule has 166 valence electrons. The number of alkyl halides is 2. The Labute approximate surface area is 184 Å². The molecule has 0 aliphatic heterocycles. The standard InChI is InChI=1S/C24H22F2N2O4/c1-17(19-7-9-22(10-8-19)32-24(25)26)27-28-23(29)16-31-21-13-11-20(12-14-21)30-15-18-5-3-2-4-6-18/h2-14,24H,15-16H2,1H3,(H,28,29)/b27-17-. The van der Waals surface area contributed by atoms with E-state index >= 15 is 0 Å². The molecular weight excluding hydrogens is 418 g/mol. The lowest BCUT2D eigenvalue weighted by Crippen LogP contribution is -2.25. The van der Waals surface area contributed by atoms with E-state index in [4.69, 9.17) is 9.47 Å². The number of ether oxygens (including phenoxy) is 3. The van der Waals surface area contributed by atoms with Crippen molar-refractivity contribution in [3.05, 3.63) is 90.0 Å². The molecule has 1 N–H and O–H groups in total. The highest BCUT2D eigenvalue weighted by molar-refractivity contribution is 5.99. The number of hydrazone groups is 1. The van der Waals surface area contributed by atoms with Crippen LogP contribution in [0.1, 0.15) is 18.1 Å². The second-order valence-corrected chi connectivity index (χ2v) is 6.67. The molecule has 0 spiro atoms. The maximum absolute atomic E-state index is 12.2. The monoisotopic (exact) mass is 440 g/mol. The van der Waals surface area contributed by atoms with Crippen LogP contribution in [0, 0.1) is 0 Å². The van der Waals surface area contributed by atoms with E-state index in [1.807, 2.05) is 30.3 Å². The number of rotatable bonds is 10. The van der Waals surface area contributed by atoms with Crippen LogP contribution >= 0.6 is 0 Å². The summed E-state index contributed by atoms with van der Waals surface area (Å²) in [5, 5.41) is 3.99. The van der Waals surface area contributed by atoms with Crippen LogP contribution in [0.2, 0.25) is 0 Å². The number of halogens is 2. The number of benzene rings is 3. The van der Waals surface area contributed by atoms with Crippen LogP contribution in [-0.2, 0) is 11.4 Å². The molecule has 0 aliphatic rings. The Bertz CT molecular complexity index is 1020. The molecule has 0 atom stereocenters. The van der Waals surface area contributed by atoms with Crippen molar-refractivity contribution in [2.24, 2.45) is 5.10 Å². The van der Waals surface area contributed by atoms with Crippen LogP contribution in [0.15, 0.2) is 84.0 Å². The van der Waals surface area contributed by atoms with E-state index in [-0.39, 0.29) is 12.4 Å². The van der Waals surface area contributed by atoms with Crippen LogP contribution in [-0.4, -0.2) is 24.8 Å². The van der Waals surface area contributed by atoms with Crippen molar-refractivity contribution < 1.29 is 27.8 Å². The molecule has 0 bridgehead atoms. The topological polar surface area (TPSA) is 69.2 Å². The third-order valence-corrected chi connectivity index (χ3v) is 4.29. The van der Waals surface area contributed by atoms with Crippen molar-refractivity contribution in [2.75, 3.05) is 6.61 Å². The van der Waals surface area contributed by atoms with Crippen molar-refractivity contribution in [1.29, 1.82) is 0 Å². The highest BCUT2D eigenvalue weighted by Gasteiger charge is 2.06. The SMILES string of the molecule is C/C(=N/NC(=O)COc1ccc(OCc2ccccc2)cc1)c1ccc(OC(F)F)cc1. The Morgan fingerprint density at radius 3 is 2.09 bits per heavy atom. The highest BCUT2D eigenvalue weighted by Crippen LogP contribution is 2.19. The van der Waals surface area contributed by atoms with E-state index in [1.165, 1.54) is 12.1 Å². The molecular formula is C24H22F2N2O4. The van der Waals surface area contributed by atoms with Crippen LogP contribution in [0.5, 0.6) is 17.2 Å². The van der Waals surface area contributed by atoms with E-state index in [0.29, 0.717) is 29.4 Å². The Balaban J connectivity index is 1.43. The Hall–Kier alpha value is -3.94. The van der Waals surface area contributed by atoms with Gasteiger partial charge in [-0.1, -0.05) is 30.3 Å². The van der Waals surface area contributed by atoms with Gasteiger partial charge < -0.3 is 14.2 Å². The number of nitrogens with zero attached hydrogens (tertiary/aromatic N) is 1. The van der Waals surface area contributed by atoms with E-state index in [2.05, 4.69) is 15.3 Å². The van der Waals surface area contributed by atoms with Gasteiger partial charge in [0.15, 0.2) is 6.61 Å². The maximum Gasteiger partial charge on any atom is 0.387 e. The summed E-state index contributed by atoms with van der Waals surface area (Å²) in [5.74, 6) is 0.815. The minimum atomic E-state index is -2.88. The summed E-state index contributed by atoms with van der Waals surface area (Å²) < 4.78 is 39.8. The number of carbonyl (C=O) groups is 1. The predicted octanol–water partition coefficient (Wildman–Crippen LogP) is 4.79. The third kappa shape index (κ3) is 7.39. The molecule has 3 aromatic carbocycles. The average Bonchev–Trinajstić information content (AvgIpc) is 2.81. The Morgan fingerprint density at radius 2 is 1.47 bits per heavy atom. The molecule has 32 heavy (non-hydrogen) atoms. The number of hydrogen-bond acceptors (Lipinski definition) is 5. The average molecular weight is 440 g/mol. The first-order chi connectivity index (χ1) is 15.5. The molecule has 8 heteroatoms. The molecule has 6 nitrogen and oxygen atoms in total. The minimum Gasteiger partial charge on any atom is -0.489 e. The van der Waals surface area contributed by atoms with E-state index in [0.717, 1.165) is 5.56 Å². The maximum atomic E-state index is 12.2. The predicted molar refractivity (Wildman–Crippen MR) is 116 cm³/mol. The lowest BCUT2D eigenvalue weighted by Gasteiger charge is -2.09. The number of amides is 1. The van der Waals surface area contributed by atoms with Crippen LogP contribution in [0.3, 0.4) is 0 Å². The molecule has 0 radical (unpaired) electrons. The molecule has 0 saturated carbocycles. The lowest BCUT2D eigenvalue weighted by atomic mass is 10.1. The number of nitrogens with one attached hydrogen (secondary N) is 1. The van der Waals surface area contributed by atoms with Gasteiger partial charge in [0, 0.05) is 0 Å². The van der Waals surface area contributed by atoms with Gasteiger partial charge in [0.25, 0.3) is 5.91 Å². The second kappa shape index (κ2) is 11.5. The van der Waals surface area contributed by atoms with Gasteiger partial charge in [-0.25, -0.2) is 5.43 Å². The molecule has 0 fully saturated rings. The van der Waals surface area contributed by atoms with Gasteiger partial charge in [0.2, 0.25) is 0 Å². The van der Waals surface area contributed by atoms with Gasteiger partial charge in [0.1, 0.15) is 23.9 Å². The fourth-order valence-electron chi connectivity index (χ4n) is 2.64. The molecule has 0 unspecified atom stereocenters. The fourth-order valence-corrected chi connectivity index (χ4v) is 2.64. The molecule has 0 heterocycles. The van der Waals surface area contributed by atoms with Gasteiger partial charge >= 0.3 is 6.61 Å². The van der Waals surface area contributed by atoms with Gasteiger partial charge in [-0.05, 0) is 66.6 Å². The minimum absolute atomic E-state index is 0.0467. The van der Waals surface area contributed by atoms with Crippen LogP contribution in [0.25, 0.3) is 0 Å². The number of hydrogen-bond donors (Lipinski definition) is 1. The Morgan fingerprint density at radius 1 is 0.875 bits per heavy atom. The zero-order valence-corrected chi connectivity index (χ0v) is 17.3. The Kier molecular flexibility index (Phi) is 8.14. The summed E-state index contributed by atoms with van der Waals surface area (Å²) >= 11 is 0. The van der Waals surface area contributed by atoms with Crippen molar-refractivity contribution in [2.45, 2.75) is 20.1 Å². The first-order valence-corrected chi connectivity index (χ1v) is 9.77. The van der Waals surface area contributed by atoms with Crippen molar-refractivity contribution >= 4 is 11.6 Å². The van der Waals surface area contributed by atoms with E-state index < -0.39 is 12.5 Å². The number of carbonyl (C=O) groups excluding carboxylic acids is 1. The van der Waals surface area contributed by atoms with Crippen molar-refractivity contribution in [3.8, 4) is 17.2 Å². The summed E-state index contributed by atoms with van der Waals surface area (Å²) in [6, 6.07) is 22.7. The largest absolute Gasteiger partial charge is 0.489 e. The van der Waals surface area contributed by atoms with Gasteiger partial charge in [-0.3, -0.25) is 4.79 Å². The van der Waals surface area contributed by atoms with Crippen molar-refractivity contribution in [1.82, 2.24) is 5.43 Å². The first kappa shape index (κ1) is 22.7. The molecule has 0 saturated heterocycles. The highest BCUT2D eigenvalue weighted by atomic mass is 19.3. The molecule has 0 aromatic heterocycles. The van der Waals surface area contributed by atoms with Crippen molar-refractivity contribution in [3.63, 3.8) is 0 Å². The van der Waals surface area contributed by atoms with E-state index in [9.17, 15) is 13.6 Å². The van der Waals surface area contributed by atoms with Gasteiger partial charge in [-0.15, -0.1) is 0 Å². The zero-order valence-electron chi connectivity index (χ0n) is 17.3. The van der Waals surface area contributed by atoms with Gasteiger partial charge in [0.05, 0.1) is 5.71 Å². The summed E-state index contributed by atoms with van der Waals surface area (Å²) in [5.41, 5.74) is 4.62. The quantitative estimate of drug-likeness (QED) is 0.364. The summed E-state index contributed by atoms with van der Waals surface area (Å²) in [4.78, 5) is 12.0. The first-order valence-electron chi connectivity index (χ1n) is 9.77. The summed E-state index contributed by atoms with van der Waals surface area (Å²) in [7, 11) is 0. The zero-order chi connectivity index (χ0) is 22.8. The lowest BCUT2D eigenvalue weighted by molar-refractivity contribution is -0.123. The molecule has 3 aromatic rings. The molecule has 3 rings (SSSR count). The fraction of sp³-hybridized carbons (Fsp3) is 0.167. The van der Waals surface area contributed by atoms with Crippen LogP contribution < -0.4 is 19.6 Å². The summed E-state index contributed by atoms with van der Waals surface area (Å²) in [6.45, 7) is -0.962. The van der Waals surface area contributed by atoms with Gasteiger partial charge in [-0.2, -0.15) is 13.9 Å². The summed E-state index contributed by atoms with van der Waals surface area (Å²) in [6.07, 6.45) is 0. The second-order valence-electron chi connectivity index (χ2n) is 6.67. The molecule has 1 amide bonds. The van der Waals surface area contributed by atoms with Crippen LogP contribution in [0.4, 0.5) is 8.78 Å². The smallest absolute Gasteiger partial charge is 0.387 e. The normalized spacial score (nSPS) is 11.2. The molecule has 0 aliphatic carbocycles. The third-order valence-electron chi connectivity index (χ3n) is 4.29.